The van der Waals surface area contributed by atoms with Crippen molar-refractivity contribution in [1.82, 2.24) is 19.9 Å². The lowest BCUT2D eigenvalue weighted by atomic mass is 9.95. The smallest absolute Gasteiger partial charge is 0.239 e. The third-order valence-electron chi connectivity index (χ3n) is 5.78. The zero-order valence-electron chi connectivity index (χ0n) is 18.8. The van der Waals surface area contributed by atoms with Gasteiger partial charge in [-0.1, -0.05) is 18.2 Å². The highest BCUT2D eigenvalue weighted by atomic mass is 19.3. The van der Waals surface area contributed by atoms with Crippen molar-refractivity contribution in [2.75, 3.05) is 5.32 Å². The van der Waals surface area contributed by atoms with Gasteiger partial charge < -0.3 is 10.3 Å². The molecule has 0 unspecified atom stereocenters. The Morgan fingerprint density at radius 1 is 0.917 bits per heavy atom. The molecule has 1 amide bonds. The highest BCUT2D eigenvalue weighted by Crippen LogP contribution is 2.36. The van der Waals surface area contributed by atoms with Crippen LogP contribution in [0.5, 0.6) is 0 Å². The number of amides is 1. The van der Waals surface area contributed by atoms with E-state index in [0.717, 1.165) is 34.4 Å². The number of carbonyl (C=O) groups excluding carboxylic acids is 1. The molecular formula is C27H20F3N5O. The number of nitrogens with zero attached hydrogens (tertiary/aromatic N) is 3. The van der Waals surface area contributed by atoms with Gasteiger partial charge in [-0.05, 0) is 54.1 Å². The van der Waals surface area contributed by atoms with Crippen LogP contribution >= 0.6 is 0 Å². The molecule has 4 heterocycles. The molecule has 0 spiro atoms. The highest BCUT2D eigenvalue weighted by molar-refractivity contribution is 6.01. The van der Waals surface area contributed by atoms with Crippen LogP contribution in [0.15, 0.2) is 85.3 Å². The number of fused-ring (bicyclic) bond motifs is 1. The summed E-state index contributed by atoms with van der Waals surface area (Å²) in [4.78, 5) is 29.6. The van der Waals surface area contributed by atoms with Gasteiger partial charge in [-0.15, -0.1) is 0 Å². The summed E-state index contributed by atoms with van der Waals surface area (Å²) < 4.78 is 39.8. The molecule has 0 fully saturated rings. The molecule has 0 aliphatic carbocycles. The van der Waals surface area contributed by atoms with Crippen molar-refractivity contribution in [1.29, 1.82) is 0 Å². The van der Waals surface area contributed by atoms with Crippen LogP contribution in [0.1, 0.15) is 17.9 Å². The van der Waals surface area contributed by atoms with E-state index in [1.54, 1.807) is 24.5 Å². The fourth-order valence-electron chi connectivity index (χ4n) is 4.13. The number of halogens is 3. The topological polar surface area (TPSA) is 83.6 Å². The van der Waals surface area contributed by atoms with Gasteiger partial charge >= 0.3 is 0 Å². The van der Waals surface area contributed by atoms with Gasteiger partial charge in [0.25, 0.3) is 0 Å². The zero-order chi connectivity index (χ0) is 25.1. The predicted molar refractivity (Wildman–Crippen MR) is 131 cm³/mol. The van der Waals surface area contributed by atoms with E-state index in [2.05, 4.69) is 25.3 Å². The number of hydrogen-bond donors (Lipinski definition) is 2. The SMILES string of the molecule is O=C(Nc1cc(-c2[nH]c3cccnc3c2-c2ccccn2)ccn1)[C@H](CC(F)F)c1ccc(F)cc1. The molecule has 180 valence electrons. The van der Waals surface area contributed by atoms with Crippen LogP contribution in [-0.4, -0.2) is 32.3 Å². The van der Waals surface area contributed by atoms with Gasteiger partial charge in [0.15, 0.2) is 0 Å². The molecule has 0 aliphatic rings. The Bertz CT molecular complexity index is 1500. The molecule has 0 saturated carbocycles. The number of rotatable bonds is 7. The van der Waals surface area contributed by atoms with Gasteiger partial charge in [0.2, 0.25) is 12.3 Å². The Kier molecular flexibility index (Phi) is 6.44. The molecule has 0 aliphatic heterocycles. The Morgan fingerprint density at radius 3 is 2.47 bits per heavy atom. The second-order valence-electron chi connectivity index (χ2n) is 8.14. The number of H-pyrrole nitrogens is 1. The molecule has 1 aromatic carbocycles. The summed E-state index contributed by atoms with van der Waals surface area (Å²) >= 11 is 0. The number of carbonyl (C=O) groups is 1. The number of benzene rings is 1. The molecule has 0 saturated heterocycles. The normalized spacial score (nSPS) is 12.1. The number of aromatic amines is 1. The summed E-state index contributed by atoms with van der Waals surface area (Å²) in [7, 11) is 0. The maximum absolute atomic E-state index is 13.3. The Labute approximate surface area is 204 Å². The number of hydrogen-bond acceptors (Lipinski definition) is 4. The fraction of sp³-hybridized carbons (Fsp3) is 0.111. The second-order valence-corrected chi connectivity index (χ2v) is 8.14. The van der Waals surface area contributed by atoms with Crippen molar-refractivity contribution in [2.45, 2.75) is 18.8 Å². The first-order valence-electron chi connectivity index (χ1n) is 11.2. The van der Waals surface area contributed by atoms with E-state index in [0.29, 0.717) is 16.8 Å². The highest BCUT2D eigenvalue weighted by Gasteiger charge is 2.25. The van der Waals surface area contributed by atoms with Gasteiger partial charge in [0.05, 0.1) is 33.9 Å². The van der Waals surface area contributed by atoms with Crippen molar-refractivity contribution in [2.24, 2.45) is 0 Å². The first kappa shape index (κ1) is 23.2. The monoisotopic (exact) mass is 487 g/mol. The number of aromatic nitrogens is 4. The number of pyridine rings is 3. The fourth-order valence-corrected chi connectivity index (χ4v) is 4.13. The third kappa shape index (κ3) is 4.81. The molecule has 4 aromatic heterocycles. The van der Waals surface area contributed by atoms with Crippen molar-refractivity contribution in [3.05, 3.63) is 96.7 Å². The van der Waals surface area contributed by atoms with Crippen LogP contribution in [0.4, 0.5) is 19.0 Å². The lowest BCUT2D eigenvalue weighted by Crippen LogP contribution is -2.23. The van der Waals surface area contributed by atoms with Crippen LogP contribution < -0.4 is 5.32 Å². The second kappa shape index (κ2) is 9.99. The van der Waals surface area contributed by atoms with E-state index >= 15 is 0 Å². The Hall–Kier alpha value is -4.53. The van der Waals surface area contributed by atoms with Gasteiger partial charge in [0, 0.05) is 30.6 Å². The van der Waals surface area contributed by atoms with Crippen LogP contribution in [0.2, 0.25) is 0 Å². The lowest BCUT2D eigenvalue weighted by molar-refractivity contribution is -0.118. The Balaban J connectivity index is 1.50. The number of nitrogens with one attached hydrogen (secondary N) is 2. The summed E-state index contributed by atoms with van der Waals surface area (Å²) in [5, 5.41) is 2.64. The van der Waals surface area contributed by atoms with E-state index in [1.165, 1.54) is 18.3 Å². The van der Waals surface area contributed by atoms with Crippen LogP contribution in [0.25, 0.3) is 33.5 Å². The molecule has 9 heteroatoms. The van der Waals surface area contributed by atoms with Gasteiger partial charge in [0.1, 0.15) is 11.6 Å². The predicted octanol–water partition coefficient (Wildman–Crippen LogP) is 6.20. The first-order valence-corrected chi connectivity index (χ1v) is 11.2. The van der Waals surface area contributed by atoms with E-state index < -0.39 is 30.5 Å². The summed E-state index contributed by atoms with van der Waals surface area (Å²) in [5.41, 5.74) is 4.77. The number of anilines is 1. The molecular weight excluding hydrogens is 467 g/mol. The van der Waals surface area contributed by atoms with Gasteiger partial charge in [-0.25, -0.2) is 18.2 Å². The molecule has 1 atom stereocenters. The van der Waals surface area contributed by atoms with Gasteiger partial charge in [-0.3, -0.25) is 14.8 Å². The molecule has 6 nitrogen and oxygen atoms in total. The minimum atomic E-state index is -2.72. The van der Waals surface area contributed by atoms with Crippen LogP contribution in [0, 0.1) is 5.82 Å². The number of alkyl halides is 2. The standard InChI is InChI=1S/C27H20F3N5O/c28-18-8-6-16(7-9-18)19(15-22(29)30)27(36)35-23-14-17(10-13-32-23)25-24(20-4-1-2-11-31-20)26-21(34-25)5-3-12-33-26/h1-14,19,22,34H,15H2,(H,32,35,36)/t19-/m1/s1. The summed E-state index contributed by atoms with van der Waals surface area (Å²) in [6.45, 7) is 0. The van der Waals surface area contributed by atoms with E-state index in [1.807, 2.05) is 30.3 Å². The molecule has 0 radical (unpaired) electrons. The molecule has 36 heavy (non-hydrogen) atoms. The molecule has 2 N–H and O–H groups in total. The lowest BCUT2D eigenvalue weighted by Gasteiger charge is -2.17. The van der Waals surface area contributed by atoms with Crippen LogP contribution in [0.3, 0.4) is 0 Å². The Morgan fingerprint density at radius 2 is 1.72 bits per heavy atom. The maximum Gasteiger partial charge on any atom is 0.239 e. The first-order chi connectivity index (χ1) is 17.5. The molecule has 5 rings (SSSR count). The van der Waals surface area contributed by atoms with E-state index in [9.17, 15) is 18.0 Å². The zero-order valence-corrected chi connectivity index (χ0v) is 18.8. The molecule has 0 bridgehead atoms. The minimum Gasteiger partial charge on any atom is -0.353 e. The van der Waals surface area contributed by atoms with Crippen molar-refractivity contribution >= 4 is 22.8 Å². The van der Waals surface area contributed by atoms with Crippen molar-refractivity contribution < 1.29 is 18.0 Å². The largest absolute Gasteiger partial charge is 0.353 e. The van der Waals surface area contributed by atoms with E-state index in [4.69, 9.17) is 0 Å². The summed E-state index contributed by atoms with van der Waals surface area (Å²) in [5.74, 6) is -2.15. The quantitative estimate of drug-likeness (QED) is 0.286. The molecule has 5 aromatic rings. The van der Waals surface area contributed by atoms with Crippen molar-refractivity contribution in [3.8, 4) is 22.5 Å². The average Bonchev–Trinajstić information content (AvgIpc) is 3.28. The summed E-state index contributed by atoms with van der Waals surface area (Å²) in [6.07, 6.45) is 1.49. The van der Waals surface area contributed by atoms with Crippen molar-refractivity contribution in [3.63, 3.8) is 0 Å². The van der Waals surface area contributed by atoms with Gasteiger partial charge in [-0.2, -0.15) is 0 Å². The maximum atomic E-state index is 13.3. The minimum absolute atomic E-state index is 0.192. The third-order valence-corrected chi connectivity index (χ3v) is 5.78. The van der Waals surface area contributed by atoms with Crippen LogP contribution in [-0.2, 0) is 4.79 Å². The average molecular weight is 487 g/mol. The van der Waals surface area contributed by atoms with E-state index in [-0.39, 0.29) is 5.82 Å². The summed E-state index contributed by atoms with van der Waals surface area (Å²) in [6, 6.07) is 17.7.